The first-order valence-electron chi connectivity index (χ1n) is 14.1. The zero-order chi connectivity index (χ0) is 27.6. The molecule has 1 saturated carbocycles. The van der Waals surface area contributed by atoms with E-state index in [0.29, 0.717) is 60.4 Å². The van der Waals surface area contributed by atoms with Crippen LogP contribution < -0.4 is 16.0 Å². The molecule has 7 nitrogen and oxygen atoms in total. The maximum atomic E-state index is 16.7. The molecule has 3 aromatic carbocycles. The molecule has 0 amide bonds. The summed E-state index contributed by atoms with van der Waals surface area (Å²) < 4.78 is 16.7. The number of nitrogens with two attached hydrogens (primary N) is 1. The Morgan fingerprint density at radius 2 is 1.85 bits per heavy atom. The molecule has 40 heavy (non-hydrogen) atoms. The van der Waals surface area contributed by atoms with Crippen LogP contribution in [0.1, 0.15) is 44.3 Å². The second-order valence-electron chi connectivity index (χ2n) is 11.9. The van der Waals surface area contributed by atoms with Crippen molar-refractivity contribution >= 4 is 39.1 Å². The number of phenolic OH excluding ortho intramolecular Hbond substituents is 1. The van der Waals surface area contributed by atoms with E-state index in [0.717, 1.165) is 43.1 Å². The van der Waals surface area contributed by atoms with Gasteiger partial charge in [0.1, 0.15) is 22.9 Å². The van der Waals surface area contributed by atoms with E-state index in [1.165, 1.54) is 0 Å². The van der Waals surface area contributed by atoms with Gasteiger partial charge in [0, 0.05) is 48.1 Å². The predicted molar refractivity (Wildman–Crippen MR) is 156 cm³/mol. The molecule has 0 spiro atoms. The lowest BCUT2D eigenvalue weighted by atomic mass is 9.92. The van der Waals surface area contributed by atoms with Gasteiger partial charge in [-0.2, -0.15) is 0 Å². The second-order valence-corrected chi connectivity index (χ2v) is 12.3. The summed E-state index contributed by atoms with van der Waals surface area (Å²) in [6, 6.07) is 13.3. The molecular formula is C31H33ClFN5O2. The third kappa shape index (κ3) is 4.57. The minimum Gasteiger partial charge on any atom is -0.508 e. The van der Waals surface area contributed by atoms with Crippen molar-refractivity contribution in [1.29, 1.82) is 0 Å². The van der Waals surface area contributed by atoms with E-state index in [4.69, 9.17) is 27.3 Å². The summed E-state index contributed by atoms with van der Waals surface area (Å²) in [5.41, 5.74) is 7.08. The van der Waals surface area contributed by atoms with Crippen LogP contribution in [0.25, 0.3) is 32.8 Å². The Hall–Kier alpha value is -3.04. The van der Waals surface area contributed by atoms with E-state index in [1.807, 2.05) is 24.3 Å². The lowest BCUT2D eigenvalue weighted by molar-refractivity contribution is 0.172. The number of hydrogen-bond acceptors (Lipinski definition) is 7. The molecule has 9 heteroatoms. The molecule has 1 aliphatic carbocycles. The van der Waals surface area contributed by atoms with Crippen molar-refractivity contribution in [1.82, 2.24) is 15.3 Å². The average Bonchev–Trinajstić information content (AvgIpc) is 3.46. The van der Waals surface area contributed by atoms with Crippen molar-refractivity contribution in [2.75, 3.05) is 18.0 Å². The van der Waals surface area contributed by atoms with Gasteiger partial charge in [0.15, 0.2) is 5.82 Å². The smallest absolute Gasteiger partial charge is 0.158 e. The summed E-state index contributed by atoms with van der Waals surface area (Å²) in [6.45, 7) is 1.57. The Labute approximate surface area is 237 Å². The molecule has 3 fully saturated rings. The third-order valence-electron chi connectivity index (χ3n) is 9.01. The number of fused-ring (bicyclic) bond motifs is 4. The molecule has 4 aromatic rings. The van der Waals surface area contributed by atoms with E-state index in [9.17, 15) is 10.2 Å². The number of piperazine rings is 1. The van der Waals surface area contributed by atoms with E-state index in [-0.39, 0.29) is 28.0 Å². The molecule has 7 rings (SSSR count). The fourth-order valence-corrected chi connectivity index (χ4v) is 7.31. The fourth-order valence-electron chi connectivity index (χ4n) is 7.01. The first-order chi connectivity index (χ1) is 19.3. The largest absolute Gasteiger partial charge is 0.508 e. The highest BCUT2D eigenvalue weighted by Gasteiger charge is 2.36. The third-order valence-corrected chi connectivity index (χ3v) is 9.30. The quantitative estimate of drug-likeness (QED) is 0.270. The maximum absolute atomic E-state index is 16.7. The maximum Gasteiger partial charge on any atom is 0.158 e. The summed E-state index contributed by atoms with van der Waals surface area (Å²) in [7, 11) is 0. The van der Waals surface area contributed by atoms with Crippen LogP contribution in [0.3, 0.4) is 0 Å². The standard InChI is InChI=1S/C31H33ClFN5O2/c32-25-13-24-29(28(33)27(25)23-12-21(40)11-17-3-1-2-4-22(17)23)36-26(8-10-31(34)9-7-20(39)14-31)37-30(24)38-15-18-5-6-19(16-38)35-18/h1-4,11-13,18-20,35,39-40H,5-10,14-16,34H2. The number of aliphatic hydroxyl groups is 1. The molecule has 4 unspecified atom stereocenters. The zero-order valence-corrected chi connectivity index (χ0v) is 23.0. The van der Waals surface area contributed by atoms with Gasteiger partial charge in [-0.05, 0) is 73.1 Å². The van der Waals surface area contributed by atoms with Gasteiger partial charge in [-0.3, -0.25) is 0 Å². The van der Waals surface area contributed by atoms with Crippen LogP contribution in [-0.4, -0.2) is 57.0 Å². The Morgan fingerprint density at radius 1 is 1.07 bits per heavy atom. The van der Waals surface area contributed by atoms with Crippen molar-refractivity contribution in [3.8, 4) is 16.9 Å². The first kappa shape index (κ1) is 25.9. The van der Waals surface area contributed by atoms with Gasteiger partial charge in [-0.1, -0.05) is 35.9 Å². The van der Waals surface area contributed by atoms with Gasteiger partial charge in [-0.25, -0.2) is 14.4 Å². The van der Waals surface area contributed by atoms with Crippen LogP contribution in [0.5, 0.6) is 5.75 Å². The summed E-state index contributed by atoms with van der Waals surface area (Å²) >= 11 is 6.85. The summed E-state index contributed by atoms with van der Waals surface area (Å²) in [5.74, 6) is 0.744. The Morgan fingerprint density at radius 3 is 2.60 bits per heavy atom. The molecule has 2 bridgehead atoms. The topological polar surface area (TPSA) is 108 Å². The van der Waals surface area contributed by atoms with Gasteiger partial charge in [-0.15, -0.1) is 0 Å². The number of phenols is 1. The van der Waals surface area contributed by atoms with E-state index < -0.39 is 11.4 Å². The SMILES string of the molecule is NC1(CCc2nc(N3CC4CCC(C3)N4)c3cc(Cl)c(-c4cc(O)cc5ccccc45)c(F)c3n2)CCC(O)C1. The number of benzene rings is 3. The molecular weight excluding hydrogens is 529 g/mol. The fraction of sp³-hybridized carbons (Fsp3) is 0.419. The number of aromatic hydroxyl groups is 1. The molecule has 5 N–H and O–H groups in total. The van der Waals surface area contributed by atoms with Crippen molar-refractivity contribution in [2.24, 2.45) is 5.73 Å². The van der Waals surface area contributed by atoms with Crippen LogP contribution in [0.15, 0.2) is 42.5 Å². The molecule has 4 atom stereocenters. The van der Waals surface area contributed by atoms with Gasteiger partial charge >= 0.3 is 0 Å². The lowest BCUT2D eigenvalue weighted by Crippen LogP contribution is -2.51. The van der Waals surface area contributed by atoms with Crippen LogP contribution in [-0.2, 0) is 6.42 Å². The number of hydrogen-bond donors (Lipinski definition) is 4. The minimum atomic E-state index is -0.528. The van der Waals surface area contributed by atoms with Gasteiger partial charge in [0.05, 0.1) is 11.1 Å². The van der Waals surface area contributed by atoms with Crippen LogP contribution in [0, 0.1) is 5.82 Å². The highest BCUT2D eigenvalue weighted by molar-refractivity contribution is 6.35. The lowest BCUT2D eigenvalue weighted by Gasteiger charge is -2.34. The molecule has 2 aliphatic heterocycles. The highest BCUT2D eigenvalue weighted by Crippen LogP contribution is 2.42. The second kappa shape index (κ2) is 9.80. The summed E-state index contributed by atoms with van der Waals surface area (Å²) in [5, 5.41) is 26.6. The van der Waals surface area contributed by atoms with Gasteiger partial charge in [0.2, 0.25) is 0 Å². The highest BCUT2D eigenvalue weighted by atomic mass is 35.5. The number of nitrogens with one attached hydrogen (secondary N) is 1. The van der Waals surface area contributed by atoms with Crippen LogP contribution >= 0.6 is 11.6 Å². The van der Waals surface area contributed by atoms with Crippen molar-refractivity contribution < 1.29 is 14.6 Å². The number of aliphatic hydroxyl groups excluding tert-OH is 1. The Bertz CT molecular complexity index is 1620. The first-order valence-corrected chi connectivity index (χ1v) is 14.5. The van der Waals surface area contributed by atoms with Crippen LogP contribution in [0.4, 0.5) is 10.2 Å². The number of nitrogens with zero attached hydrogens (tertiary/aromatic N) is 3. The molecule has 1 aromatic heterocycles. The molecule has 2 saturated heterocycles. The minimum absolute atomic E-state index is 0.0385. The average molecular weight is 562 g/mol. The van der Waals surface area contributed by atoms with Crippen LogP contribution in [0.2, 0.25) is 5.02 Å². The monoisotopic (exact) mass is 561 g/mol. The number of aryl methyl sites for hydroxylation is 1. The Kier molecular flexibility index (Phi) is 6.35. The zero-order valence-electron chi connectivity index (χ0n) is 22.2. The number of halogens is 2. The summed E-state index contributed by atoms with van der Waals surface area (Å²) in [6.07, 6.45) is 4.92. The number of rotatable bonds is 5. The van der Waals surface area contributed by atoms with Crippen molar-refractivity contribution in [3.63, 3.8) is 0 Å². The van der Waals surface area contributed by atoms with E-state index in [1.54, 1.807) is 18.2 Å². The Balaban J connectivity index is 1.38. The number of anilines is 1. The van der Waals surface area contributed by atoms with E-state index in [2.05, 4.69) is 10.2 Å². The molecule has 3 aliphatic rings. The molecule has 208 valence electrons. The van der Waals surface area contributed by atoms with Crippen molar-refractivity contribution in [2.45, 2.75) is 68.7 Å². The normalized spacial score (nSPS) is 26.3. The summed E-state index contributed by atoms with van der Waals surface area (Å²) in [4.78, 5) is 12.0. The molecule has 0 radical (unpaired) electrons. The van der Waals surface area contributed by atoms with E-state index >= 15 is 4.39 Å². The van der Waals surface area contributed by atoms with Crippen molar-refractivity contribution in [3.05, 3.63) is 59.1 Å². The predicted octanol–water partition coefficient (Wildman–Crippen LogP) is 5.06. The number of aromatic nitrogens is 2. The van der Waals surface area contributed by atoms with Gasteiger partial charge in [0.25, 0.3) is 0 Å². The molecule has 3 heterocycles. The van der Waals surface area contributed by atoms with Gasteiger partial charge < -0.3 is 26.2 Å².